The van der Waals surface area contributed by atoms with E-state index in [0.717, 1.165) is 17.8 Å². The number of rotatable bonds is 6. The van der Waals surface area contributed by atoms with Gasteiger partial charge in [-0.2, -0.15) is 5.10 Å². The number of aryl methyl sites for hydroxylation is 1. The van der Waals surface area contributed by atoms with Gasteiger partial charge in [-0.25, -0.2) is 0 Å². The van der Waals surface area contributed by atoms with Crippen molar-refractivity contribution in [1.29, 1.82) is 0 Å². The van der Waals surface area contributed by atoms with Crippen LogP contribution in [0.1, 0.15) is 49.4 Å². The highest BCUT2D eigenvalue weighted by molar-refractivity contribution is 5.61. The summed E-state index contributed by atoms with van der Waals surface area (Å²) >= 11 is 0. The van der Waals surface area contributed by atoms with Gasteiger partial charge in [-0.05, 0) is 36.1 Å². The Balaban J connectivity index is 1.71. The third kappa shape index (κ3) is 4.15. The van der Waals surface area contributed by atoms with Gasteiger partial charge in [0.2, 0.25) is 0 Å². The molecule has 25 heavy (non-hydrogen) atoms. The third-order valence-electron chi connectivity index (χ3n) is 4.54. The zero-order chi connectivity index (χ0) is 17.8. The maximum absolute atomic E-state index is 4.60. The lowest BCUT2D eigenvalue weighted by molar-refractivity contribution is 0.574. The summed E-state index contributed by atoms with van der Waals surface area (Å²) in [4.78, 5) is 4.21. The van der Waals surface area contributed by atoms with E-state index in [1.54, 1.807) is 6.20 Å². The first kappa shape index (κ1) is 17.4. The first-order chi connectivity index (χ1) is 12.0. The van der Waals surface area contributed by atoms with Crippen LogP contribution in [-0.4, -0.2) is 14.8 Å². The number of hydrogen-bond donors (Lipinski definition) is 1. The van der Waals surface area contributed by atoms with E-state index in [0.29, 0.717) is 5.92 Å². The number of nitrogens with one attached hydrogen (secondary N) is 1. The second kappa shape index (κ2) is 7.62. The molecule has 3 rings (SSSR count). The number of hydrogen-bond acceptors (Lipinski definition) is 3. The highest BCUT2D eigenvalue weighted by Crippen LogP contribution is 2.22. The number of benzene rings is 1. The average Bonchev–Trinajstić information content (AvgIpc) is 3.01. The van der Waals surface area contributed by atoms with Gasteiger partial charge in [0.25, 0.3) is 0 Å². The Hall–Kier alpha value is -2.46. The van der Waals surface area contributed by atoms with Crippen LogP contribution in [0.15, 0.2) is 55.0 Å². The monoisotopic (exact) mass is 334 g/mol. The van der Waals surface area contributed by atoms with E-state index in [9.17, 15) is 0 Å². The molecule has 0 radical (unpaired) electrons. The van der Waals surface area contributed by atoms with Crippen molar-refractivity contribution in [2.24, 2.45) is 7.05 Å². The van der Waals surface area contributed by atoms with Crippen LogP contribution in [0.3, 0.4) is 0 Å². The zero-order valence-electron chi connectivity index (χ0n) is 15.4. The Labute approximate surface area is 149 Å². The molecule has 0 aliphatic heterocycles. The molecular formula is C21H26N4. The lowest BCUT2D eigenvalue weighted by Crippen LogP contribution is -2.18. The predicted octanol–water partition coefficient (Wildman–Crippen LogP) is 4.46. The molecule has 0 saturated heterocycles. The molecule has 1 N–H and O–H groups in total. The molecule has 0 aliphatic rings. The second-order valence-electron chi connectivity index (χ2n) is 6.84. The van der Waals surface area contributed by atoms with Gasteiger partial charge < -0.3 is 5.32 Å². The van der Waals surface area contributed by atoms with E-state index in [-0.39, 0.29) is 6.04 Å². The third-order valence-corrected chi connectivity index (χ3v) is 4.54. The Kier molecular flexibility index (Phi) is 5.29. The molecule has 4 heteroatoms. The Morgan fingerprint density at radius 3 is 2.40 bits per heavy atom. The molecule has 0 bridgehead atoms. The molecule has 2 aromatic heterocycles. The topological polar surface area (TPSA) is 42.7 Å². The van der Waals surface area contributed by atoms with E-state index >= 15 is 0 Å². The smallest absolute Gasteiger partial charge is 0.0983 e. The van der Waals surface area contributed by atoms with Gasteiger partial charge in [0.15, 0.2) is 0 Å². The summed E-state index contributed by atoms with van der Waals surface area (Å²) in [6.07, 6.45) is 5.72. The van der Waals surface area contributed by atoms with Gasteiger partial charge in [-0.3, -0.25) is 9.67 Å². The molecule has 2 heterocycles. The van der Waals surface area contributed by atoms with Crippen molar-refractivity contribution < 1.29 is 0 Å². The molecule has 0 spiro atoms. The summed E-state index contributed by atoms with van der Waals surface area (Å²) in [6, 6.07) is 13.2. The fraction of sp³-hybridized carbons (Fsp3) is 0.333. The molecule has 0 aliphatic carbocycles. The van der Waals surface area contributed by atoms with Gasteiger partial charge >= 0.3 is 0 Å². The number of nitrogens with zero attached hydrogens (tertiary/aromatic N) is 3. The highest BCUT2D eigenvalue weighted by Gasteiger charge is 2.12. The predicted molar refractivity (Wildman–Crippen MR) is 102 cm³/mol. The van der Waals surface area contributed by atoms with Gasteiger partial charge in [0.1, 0.15) is 0 Å². The molecule has 4 nitrogen and oxygen atoms in total. The largest absolute Gasteiger partial charge is 0.306 e. The van der Waals surface area contributed by atoms with Crippen LogP contribution >= 0.6 is 0 Å². The van der Waals surface area contributed by atoms with Crippen molar-refractivity contribution in [2.45, 2.75) is 39.3 Å². The van der Waals surface area contributed by atoms with Crippen molar-refractivity contribution in [3.63, 3.8) is 0 Å². The Morgan fingerprint density at radius 2 is 1.76 bits per heavy atom. The Morgan fingerprint density at radius 1 is 1.04 bits per heavy atom. The average molecular weight is 334 g/mol. The van der Waals surface area contributed by atoms with Crippen LogP contribution in [0.25, 0.3) is 11.3 Å². The number of pyridine rings is 1. The molecule has 1 aromatic carbocycles. The molecule has 0 fully saturated rings. The quantitative estimate of drug-likeness (QED) is 0.724. The summed E-state index contributed by atoms with van der Waals surface area (Å²) in [5.74, 6) is 0.565. The van der Waals surface area contributed by atoms with Crippen LogP contribution in [0.4, 0.5) is 0 Å². The van der Waals surface area contributed by atoms with Gasteiger partial charge in [-0.1, -0.05) is 38.1 Å². The van der Waals surface area contributed by atoms with E-state index in [2.05, 4.69) is 66.6 Å². The maximum Gasteiger partial charge on any atom is 0.0983 e. The first-order valence-corrected chi connectivity index (χ1v) is 8.80. The SMILES string of the molecule is CC(C)c1ccc([C@@H](C)NCc2cn(C)nc2-c2cccnc2)cc1. The van der Waals surface area contributed by atoms with Crippen LogP contribution in [0, 0.1) is 0 Å². The molecule has 0 amide bonds. The van der Waals surface area contributed by atoms with Crippen molar-refractivity contribution >= 4 is 0 Å². The molecule has 3 aromatic rings. The van der Waals surface area contributed by atoms with E-state index in [1.807, 2.05) is 30.1 Å². The van der Waals surface area contributed by atoms with E-state index in [4.69, 9.17) is 0 Å². The van der Waals surface area contributed by atoms with E-state index < -0.39 is 0 Å². The summed E-state index contributed by atoms with van der Waals surface area (Å²) in [6.45, 7) is 7.41. The lowest BCUT2D eigenvalue weighted by Gasteiger charge is -2.15. The molecule has 1 atom stereocenters. The van der Waals surface area contributed by atoms with Crippen molar-refractivity contribution in [1.82, 2.24) is 20.1 Å². The van der Waals surface area contributed by atoms with Crippen LogP contribution in [0.5, 0.6) is 0 Å². The minimum atomic E-state index is 0.281. The van der Waals surface area contributed by atoms with Crippen molar-refractivity contribution in [2.75, 3.05) is 0 Å². The van der Waals surface area contributed by atoms with Crippen LogP contribution in [-0.2, 0) is 13.6 Å². The van der Waals surface area contributed by atoms with Gasteiger partial charge in [0, 0.05) is 49.4 Å². The van der Waals surface area contributed by atoms with Crippen LogP contribution < -0.4 is 5.32 Å². The van der Waals surface area contributed by atoms with Crippen LogP contribution in [0.2, 0.25) is 0 Å². The second-order valence-corrected chi connectivity index (χ2v) is 6.84. The summed E-state index contributed by atoms with van der Waals surface area (Å²) in [7, 11) is 1.96. The number of aromatic nitrogens is 3. The molecule has 130 valence electrons. The van der Waals surface area contributed by atoms with E-state index in [1.165, 1.54) is 16.7 Å². The molecule has 0 saturated carbocycles. The highest BCUT2D eigenvalue weighted by atomic mass is 15.3. The molecular weight excluding hydrogens is 308 g/mol. The summed E-state index contributed by atoms with van der Waals surface area (Å²) < 4.78 is 1.86. The fourth-order valence-corrected chi connectivity index (χ4v) is 2.96. The van der Waals surface area contributed by atoms with Crippen molar-refractivity contribution in [3.8, 4) is 11.3 Å². The standard InChI is InChI=1S/C21H26N4/c1-15(2)17-7-9-18(10-8-17)16(3)23-13-20-14-25(4)24-21(20)19-6-5-11-22-12-19/h5-12,14-16,23H,13H2,1-4H3/t16-/m1/s1. The first-order valence-electron chi connectivity index (χ1n) is 8.80. The minimum absolute atomic E-state index is 0.281. The maximum atomic E-state index is 4.60. The minimum Gasteiger partial charge on any atom is -0.306 e. The fourth-order valence-electron chi connectivity index (χ4n) is 2.96. The Bertz CT molecular complexity index is 804. The zero-order valence-corrected chi connectivity index (χ0v) is 15.4. The normalized spacial score (nSPS) is 12.5. The van der Waals surface area contributed by atoms with Crippen molar-refractivity contribution in [3.05, 3.63) is 71.7 Å². The molecule has 0 unspecified atom stereocenters. The summed E-state index contributed by atoms with van der Waals surface area (Å²) in [5.41, 5.74) is 5.90. The summed E-state index contributed by atoms with van der Waals surface area (Å²) in [5, 5.41) is 8.21. The van der Waals surface area contributed by atoms with Gasteiger partial charge in [0.05, 0.1) is 5.69 Å². The van der Waals surface area contributed by atoms with Gasteiger partial charge in [-0.15, -0.1) is 0 Å². The lowest BCUT2D eigenvalue weighted by atomic mass is 9.99.